The molecular weight excluding hydrogens is 348 g/mol. The lowest BCUT2D eigenvalue weighted by molar-refractivity contribution is -0.0528. The lowest BCUT2D eigenvalue weighted by Gasteiger charge is -2.58. The maximum Gasteiger partial charge on any atom is -0.00851 e. The Hall–Kier alpha value is -0.260. The van der Waals surface area contributed by atoms with Crippen LogP contribution in [0.1, 0.15) is 119 Å². The van der Waals surface area contributed by atoms with Gasteiger partial charge in [0.15, 0.2) is 0 Å². The first kappa shape index (κ1) is 22.0. The summed E-state index contributed by atoms with van der Waals surface area (Å²) in [6, 6.07) is 0. The predicted molar refractivity (Wildman–Crippen MR) is 127 cm³/mol. The van der Waals surface area contributed by atoms with Crippen molar-refractivity contribution in [2.75, 3.05) is 0 Å². The smallest absolute Gasteiger partial charge is 0.00851 e. The molecule has 0 aromatic rings. The summed E-state index contributed by atoms with van der Waals surface area (Å²) in [5.41, 5.74) is 3.08. The molecule has 4 rings (SSSR count). The fourth-order valence-corrected chi connectivity index (χ4v) is 9.11. The van der Waals surface area contributed by atoms with Gasteiger partial charge in [-0.05, 0) is 104 Å². The van der Waals surface area contributed by atoms with Crippen LogP contribution in [-0.4, -0.2) is 0 Å². The second-order valence-corrected chi connectivity index (χ2v) is 12.8. The van der Waals surface area contributed by atoms with Gasteiger partial charge in [-0.2, -0.15) is 0 Å². The molecule has 0 heterocycles. The third kappa shape index (κ3) is 3.78. The van der Waals surface area contributed by atoms with E-state index in [9.17, 15) is 0 Å². The van der Waals surface area contributed by atoms with Gasteiger partial charge in [0.1, 0.15) is 0 Å². The SMILES string of the molecule is CC[C@@H]1CC[C@@]2(C)C(=CC[C@H]3[C@@H]4CC[C@H]([C@H](C)CCCC(C)C)[C@@]4(C)CC[C@@H]32)C1. The van der Waals surface area contributed by atoms with E-state index >= 15 is 0 Å². The van der Waals surface area contributed by atoms with Crippen LogP contribution >= 0.6 is 0 Å². The van der Waals surface area contributed by atoms with Crippen LogP contribution in [0.15, 0.2) is 11.6 Å². The molecule has 166 valence electrons. The molecule has 3 fully saturated rings. The van der Waals surface area contributed by atoms with E-state index in [0.717, 1.165) is 41.4 Å². The van der Waals surface area contributed by atoms with E-state index in [1.807, 2.05) is 5.57 Å². The minimum atomic E-state index is 0.552. The van der Waals surface area contributed by atoms with E-state index in [0.29, 0.717) is 10.8 Å². The highest BCUT2D eigenvalue weighted by Crippen LogP contribution is 2.67. The summed E-state index contributed by atoms with van der Waals surface area (Å²) in [7, 11) is 0. The van der Waals surface area contributed by atoms with Crippen molar-refractivity contribution in [1.82, 2.24) is 0 Å². The largest absolute Gasteiger partial charge is 0.0845 e. The Kier molecular flexibility index (Phi) is 6.32. The Balaban J connectivity index is 1.48. The van der Waals surface area contributed by atoms with Crippen LogP contribution in [0.3, 0.4) is 0 Å². The standard InChI is InChI=1S/C29H50/c1-7-22-15-17-28(5)23(19-22)11-12-24-26-14-13-25(21(4)10-8-9-20(2)3)29(26,6)18-16-27(24)28/h11,20-22,24-27H,7-10,12-19H2,1-6H3/t21-,22-,24+,25-,26+,27+,28+,29-/m1/s1. The molecule has 0 spiro atoms. The molecule has 4 aliphatic rings. The van der Waals surface area contributed by atoms with Crippen molar-refractivity contribution in [3.8, 4) is 0 Å². The molecule has 0 amide bonds. The van der Waals surface area contributed by atoms with Crippen molar-refractivity contribution >= 4 is 0 Å². The van der Waals surface area contributed by atoms with Crippen molar-refractivity contribution in [3.05, 3.63) is 11.6 Å². The molecule has 29 heavy (non-hydrogen) atoms. The quantitative estimate of drug-likeness (QED) is 0.391. The van der Waals surface area contributed by atoms with Gasteiger partial charge in [-0.15, -0.1) is 0 Å². The zero-order valence-electron chi connectivity index (χ0n) is 20.6. The van der Waals surface area contributed by atoms with Crippen LogP contribution < -0.4 is 0 Å². The minimum absolute atomic E-state index is 0.552. The van der Waals surface area contributed by atoms with Gasteiger partial charge in [0.05, 0.1) is 0 Å². The molecule has 0 saturated heterocycles. The van der Waals surface area contributed by atoms with Gasteiger partial charge in [-0.3, -0.25) is 0 Å². The minimum Gasteiger partial charge on any atom is -0.0845 e. The first-order valence-electron chi connectivity index (χ1n) is 13.5. The van der Waals surface area contributed by atoms with Crippen LogP contribution in [0, 0.1) is 52.3 Å². The normalized spacial score (nSPS) is 45.3. The molecule has 0 N–H and O–H groups in total. The number of fused-ring (bicyclic) bond motifs is 5. The van der Waals surface area contributed by atoms with E-state index < -0.39 is 0 Å². The Morgan fingerprint density at radius 3 is 2.48 bits per heavy atom. The van der Waals surface area contributed by atoms with Crippen LogP contribution in [0.5, 0.6) is 0 Å². The Labute approximate surface area is 182 Å². The third-order valence-corrected chi connectivity index (χ3v) is 11.0. The van der Waals surface area contributed by atoms with E-state index in [1.165, 1.54) is 77.0 Å². The van der Waals surface area contributed by atoms with Crippen LogP contribution in [0.2, 0.25) is 0 Å². The average Bonchev–Trinajstić information content (AvgIpc) is 3.04. The first-order chi connectivity index (χ1) is 13.8. The molecule has 0 radical (unpaired) electrons. The fourth-order valence-electron chi connectivity index (χ4n) is 9.11. The van der Waals surface area contributed by atoms with Gasteiger partial charge in [0.2, 0.25) is 0 Å². The van der Waals surface area contributed by atoms with Gasteiger partial charge >= 0.3 is 0 Å². The van der Waals surface area contributed by atoms with Crippen LogP contribution in [0.4, 0.5) is 0 Å². The van der Waals surface area contributed by atoms with Gasteiger partial charge in [-0.25, -0.2) is 0 Å². The summed E-state index contributed by atoms with van der Waals surface area (Å²) in [4.78, 5) is 0. The van der Waals surface area contributed by atoms with E-state index in [4.69, 9.17) is 0 Å². The zero-order valence-corrected chi connectivity index (χ0v) is 20.6. The van der Waals surface area contributed by atoms with Crippen molar-refractivity contribution in [1.29, 1.82) is 0 Å². The molecule has 4 aliphatic carbocycles. The summed E-state index contributed by atoms with van der Waals surface area (Å²) in [6.07, 6.45) is 20.4. The van der Waals surface area contributed by atoms with E-state index in [1.54, 1.807) is 0 Å². The van der Waals surface area contributed by atoms with Gasteiger partial charge in [0, 0.05) is 0 Å². The highest BCUT2D eigenvalue weighted by molar-refractivity contribution is 5.25. The molecular formula is C29H50. The summed E-state index contributed by atoms with van der Waals surface area (Å²) >= 11 is 0. The molecule has 0 nitrogen and oxygen atoms in total. The molecule has 0 aliphatic heterocycles. The second-order valence-electron chi connectivity index (χ2n) is 12.8. The Morgan fingerprint density at radius 1 is 0.966 bits per heavy atom. The van der Waals surface area contributed by atoms with Crippen LogP contribution in [-0.2, 0) is 0 Å². The third-order valence-electron chi connectivity index (χ3n) is 11.0. The molecule has 8 atom stereocenters. The summed E-state index contributed by atoms with van der Waals surface area (Å²) in [5, 5.41) is 0. The van der Waals surface area contributed by atoms with E-state index in [-0.39, 0.29) is 0 Å². The predicted octanol–water partition coefficient (Wildman–Crippen LogP) is 9.05. The summed E-state index contributed by atoms with van der Waals surface area (Å²) in [5.74, 6) is 6.78. The maximum atomic E-state index is 2.77. The zero-order chi connectivity index (χ0) is 20.8. The summed E-state index contributed by atoms with van der Waals surface area (Å²) in [6.45, 7) is 15.2. The maximum absolute atomic E-state index is 2.77. The van der Waals surface area contributed by atoms with Gasteiger partial charge in [-0.1, -0.05) is 78.9 Å². The average molecular weight is 399 g/mol. The summed E-state index contributed by atoms with van der Waals surface area (Å²) < 4.78 is 0. The molecule has 0 bridgehead atoms. The molecule has 0 heteroatoms. The van der Waals surface area contributed by atoms with Crippen molar-refractivity contribution in [2.24, 2.45) is 52.3 Å². The lowest BCUT2D eigenvalue weighted by atomic mass is 9.46. The Morgan fingerprint density at radius 2 is 1.76 bits per heavy atom. The molecule has 3 saturated carbocycles. The van der Waals surface area contributed by atoms with Crippen molar-refractivity contribution in [3.63, 3.8) is 0 Å². The molecule has 0 unspecified atom stereocenters. The Bertz CT molecular complexity index is 599. The van der Waals surface area contributed by atoms with Crippen LogP contribution in [0.25, 0.3) is 0 Å². The molecule has 0 aromatic carbocycles. The monoisotopic (exact) mass is 398 g/mol. The van der Waals surface area contributed by atoms with E-state index in [2.05, 4.69) is 47.6 Å². The number of allylic oxidation sites excluding steroid dienone is 2. The highest BCUT2D eigenvalue weighted by atomic mass is 14.6. The van der Waals surface area contributed by atoms with Gasteiger partial charge in [0.25, 0.3) is 0 Å². The molecule has 0 aromatic heterocycles. The topological polar surface area (TPSA) is 0 Å². The van der Waals surface area contributed by atoms with Crippen molar-refractivity contribution < 1.29 is 0 Å². The lowest BCUT2D eigenvalue weighted by Crippen LogP contribution is -2.50. The highest BCUT2D eigenvalue weighted by Gasteiger charge is 2.58. The number of hydrogen-bond donors (Lipinski definition) is 0. The second kappa shape index (κ2) is 8.35. The van der Waals surface area contributed by atoms with Gasteiger partial charge < -0.3 is 0 Å². The number of rotatable bonds is 6. The number of hydrogen-bond acceptors (Lipinski definition) is 0. The first-order valence-corrected chi connectivity index (χ1v) is 13.5. The van der Waals surface area contributed by atoms with Crippen molar-refractivity contribution in [2.45, 2.75) is 119 Å². The fraction of sp³-hybridized carbons (Fsp3) is 0.931.